The molecule has 4 heteroatoms. The average Bonchev–Trinajstić information content (AvgIpc) is 2.53. The summed E-state index contributed by atoms with van der Waals surface area (Å²) in [5.74, 6) is -0.334. The van der Waals surface area contributed by atoms with Gasteiger partial charge in [0.25, 0.3) is 0 Å². The molecule has 1 aromatic carbocycles. The van der Waals surface area contributed by atoms with Gasteiger partial charge in [-0.25, -0.2) is 0 Å². The molecule has 0 heterocycles. The van der Waals surface area contributed by atoms with E-state index < -0.39 is 5.41 Å². The smallest absolute Gasteiger partial charge is 0.318 e. The van der Waals surface area contributed by atoms with Crippen molar-refractivity contribution in [2.45, 2.75) is 64.4 Å². The van der Waals surface area contributed by atoms with Crippen molar-refractivity contribution in [1.29, 1.82) is 0 Å². The summed E-state index contributed by atoms with van der Waals surface area (Å²) in [5.41, 5.74) is -0.194. The van der Waals surface area contributed by atoms with Crippen molar-refractivity contribution in [3.8, 4) is 0 Å². The fraction of sp³-hybridized carbons (Fsp3) is 0.611. The van der Waals surface area contributed by atoms with Gasteiger partial charge in [0.05, 0.1) is 6.61 Å². The number of aliphatic hydroxyl groups excluding tert-OH is 1. The van der Waals surface area contributed by atoms with Crippen molar-refractivity contribution in [3.63, 3.8) is 0 Å². The van der Waals surface area contributed by atoms with Crippen molar-refractivity contribution in [1.82, 2.24) is 0 Å². The number of benzene rings is 1. The van der Waals surface area contributed by atoms with Gasteiger partial charge in [0, 0.05) is 0 Å². The van der Waals surface area contributed by atoms with Gasteiger partial charge >= 0.3 is 5.97 Å². The normalized spacial score (nSPS) is 14.5. The Bertz CT molecular complexity index is 422. The summed E-state index contributed by atoms with van der Waals surface area (Å²) >= 11 is 0. The monoisotopic (exact) mass is 328 g/mol. The predicted molar refractivity (Wildman–Crippen MR) is 92.4 cm³/mol. The minimum absolute atomic E-state index is 0. The first kappa shape index (κ1) is 20.9. The van der Waals surface area contributed by atoms with E-state index in [1.807, 2.05) is 37.3 Å². The molecule has 0 saturated heterocycles. The highest BCUT2D eigenvalue weighted by Crippen LogP contribution is 2.26. The topological polar surface area (TPSA) is 46.5 Å². The molecule has 0 radical (unpaired) electrons. The third kappa shape index (κ3) is 5.62. The first-order chi connectivity index (χ1) is 10.1. The molecular formula is C18H29ClO3. The first-order valence-corrected chi connectivity index (χ1v) is 7.96. The average molecular weight is 329 g/mol. The molecule has 22 heavy (non-hydrogen) atoms. The quantitative estimate of drug-likeness (QED) is 0.544. The lowest BCUT2D eigenvalue weighted by Gasteiger charge is -2.28. The molecule has 126 valence electrons. The van der Waals surface area contributed by atoms with Crippen LogP contribution in [0.3, 0.4) is 0 Å². The summed E-state index contributed by atoms with van der Waals surface area (Å²) in [6, 6.07) is 9.35. The van der Waals surface area contributed by atoms with Crippen LogP contribution in [0.15, 0.2) is 30.3 Å². The second-order valence-corrected chi connectivity index (χ2v) is 5.79. The Balaban J connectivity index is 0.00000441. The molecule has 2 unspecified atom stereocenters. The van der Waals surface area contributed by atoms with Crippen LogP contribution in [0, 0.1) is 0 Å². The van der Waals surface area contributed by atoms with Crippen LogP contribution in [0.5, 0.6) is 0 Å². The number of ether oxygens (including phenoxy) is 1. The predicted octanol–water partition coefficient (Wildman–Crippen LogP) is 4.26. The van der Waals surface area contributed by atoms with Gasteiger partial charge in [0.2, 0.25) is 0 Å². The van der Waals surface area contributed by atoms with Crippen LogP contribution in [0.25, 0.3) is 0 Å². The Morgan fingerprint density at radius 1 is 1.23 bits per heavy atom. The molecule has 3 nitrogen and oxygen atoms in total. The second-order valence-electron chi connectivity index (χ2n) is 5.79. The van der Waals surface area contributed by atoms with Crippen LogP contribution in [0.4, 0.5) is 0 Å². The number of halogens is 1. The maximum atomic E-state index is 12.5. The fourth-order valence-electron chi connectivity index (χ4n) is 2.33. The van der Waals surface area contributed by atoms with Gasteiger partial charge in [-0.2, -0.15) is 0 Å². The van der Waals surface area contributed by atoms with E-state index in [1.54, 1.807) is 6.92 Å². The molecule has 0 amide bonds. The number of hydrogen-bond acceptors (Lipinski definition) is 3. The number of carbonyl (C=O) groups is 1. The summed E-state index contributed by atoms with van der Waals surface area (Å²) in [7, 11) is 0. The highest BCUT2D eigenvalue weighted by atomic mass is 35.5. The fourth-order valence-corrected chi connectivity index (χ4v) is 2.33. The highest BCUT2D eigenvalue weighted by Gasteiger charge is 2.37. The number of aliphatic hydroxyl groups is 1. The Labute approximate surface area is 140 Å². The van der Waals surface area contributed by atoms with Crippen molar-refractivity contribution < 1.29 is 14.6 Å². The number of unbranched alkanes of at least 4 members (excludes halogenated alkanes) is 2. The molecule has 0 fully saturated rings. The lowest BCUT2D eigenvalue weighted by molar-refractivity contribution is -0.157. The summed E-state index contributed by atoms with van der Waals surface area (Å²) in [6.45, 7) is 5.68. The van der Waals surface area contributed by atoms with Crippen LogP contribution in [-0.4, -0.2) is 23.8 Å². The third-order valence-corrected chi connectivity index (χ3v) is 4.04. The molecule has 0 aliphatic carbocycles. The van der Waals surface area contributed by atoms with Gasteiger partial charge in [-0.1, -0.05) is 57.0 Å². The van der Waals surface area contributed by atoms with Gasteiger partial charge in [0.1, 0.15) is 11.5 Å². The first-order valence-electron chi connectivity index (χ1n) is 7.96. The van der Waals surface area contributed by atoms with Gasteiger partial charge in [-0.3, -0.25) is 4.79 Å². The second kappa shape index (κ2) is 10.6. The molecule has 0 bridgehead atoms. The van der Waals surface area contributed by atoms with Gasteiger partial charge in [-0.15, -0.1) is 12.4 Å². The van der Waals surface area contributed by atoms with E-state index in [0.29, 0.717) is 0 Å². The number of carbonyl (C=O) groups excluding carboxylic acids is 1. The molecule has 1 aromatic rings. The Morgan fingerprint density at radius 2 is 1.86 bits per heavy atom. The zero-order chi connectivity index (χ0) is 15.7. The van der Waals surface area contributed by atoms with Crippen LogP contribution >= 0.6 is 12.4 Å². The van der Waals surface area contributed by atoms with Crippen LogP contribution in [0.2, 0.25) is 0 Å². The number of esters is 1. The standard InChI is InChI=1S/C18H28O3.ClH/c1-4-6-8-13-16(5-2)21-17(20)18(3,14-19)15-11-9-7-10-12-15;/h7,9-12,16,19H,4-6,8,13-14H2,1-3H3;1H. The lowest BCUT2D eigenvalue weighted by Crippen LogP contribution is -2.40. The van der Waals surface area contributed by atoms with E-state index >= 15 is 0 Å². The van der Waals surface area contributed by atoms with Crippen molar-refractivity contribution in [2.75, 3.05) is 6.61 Å². The Hall–Kier alpha value is -1.06. The Morgan fingerprint density at radius 3 is 2.36 bits per heavy atom. The molecule has 0 aromatic heterocycles. The van der Waals surface area contributed by atoms with E-state index in [4.69, 9.17) is 4.74 Å². The summed E-state index contributed by atoms with van der Waals surface area (Å²) in [6.07, 6.45) is 5.03. The molecule has 0 aliphatic rings. The van der Waals surface area contributed by atoms with Crippen molar-refractivity contribution in [2.24, 2.45) is 0 Å². The third-order valence-electron chi connectivity index (χ3n) is 4.04. The summed E-state index contributed by atoms with van der Waals surface area (Å²) in [4.78, 5) is 12.5. The molecular weight excluding hydrogens is 300 g/mol. The van der Waals surface area contributed by atoms with E-state index in [9.17, 15) is 9.90 Å². The van der Waals surface area contributed by atoms with Crippen LogP contribution in [-0.2, 0) is 14.9 Å². The van der Waals surface area contributed by atoms with E-state index in [-0.39, 0.29) is 31.1 Å². The SMILES string of the molecule is CCCCCC(CC)OC(=O)C(C)(CO)c1ccccc1.Cl. The number of hydrogen-bond donors (Lipinski definition) is 1. The molecule has 2 atom stereocenters. The van der Waals surface area contributed by atoms with Gasteiger partial charge in [0.15, 0.2) is 0 Å². The summed E-state index contributed by atoms with van der Waals surface area (Å²) in [5, 5.41) is 9.71. The lowest BCUT2D eigenvalue weighted by atomic mass is 9.83. The van der Waals surface area contributed by atoms with Gasteiger partial charge in [-0.05, 0) is 31.7 Å². The molecule has 0 aliphatic heterocycles. The minimum Gasteiger partial charge on any atom is -0.462 e. The van der Waals surface area contributed by atoms with E-state index in [0.717, 1.165) is 37.7 Å². The molecule has 1 N–H and O–H groups in total. The van der Waals surface area contributed by atoms with E-state index in [1.165, 1.54) is 0 Å². The van der Waals surface area contributed by atoms with Gasteiger partial charge < -0.3 is 9.84 Å². The molecule has 0 spiro atoms. The number of rotatable bonds is 9. The van der Waals surface area contributed by atoms with Crippen molar-refractivity contribution >= 4 is 18.4 Å². The maximum Gasteiger partial charge on any atom is 0.318 e. The highest BCUT2D eigenvalue weighted by molar-refractivity contribution is 5.85. The largest absolute Gasteiger partial charge is 0.462 e. The molecule has 0 saturated carbocycles. The zero-order valence-corrected chi connectivity index (χ0v) is 14.7. The van der Waals surface area contributed by atoms with E-state index in [2.05, 4.69) is 6.92 Å². The minimum atomic E-state index is -0.987. The Kier molecular flexibility index (Phi) is 10.1. The van der Waals surface area contributed by atoms with Crippen molar-refractivity contribution in [3.05, 3.63) is 35.9 Å². The zero-order valence-electron chi connectivity index (χ0n) is 13.9. The molecule has 1 rings (SSSR count). The van der Waals surface area contributed by atoms with Crippen LogP contribution in [0.1, 0.15) is 58.4 Å². The summed E-state index contributed by atoms with van der Waals surface area (Å²) < 4.78 is 5.66. The van der Waals surface area contributed by atoms with Crippen LogP contribution < -0.4 is 0 Å². The maximum absolute atomic E-state index is 12.5.